The van der Waals surface area contributed by atoms with Gasteiger partial charge in [-0.25, -0.2) is 13.5 Å². The molecule has 2 aromatic carbocycles. The molecular weight excluding hydrogens is 451 g/mol. The van der Waals surface area contributed by atoms with E-state index in [2.05, 4.69) is 10.6 Å². The van der Waals surface area contributed by atoms with Crippen LogP contribution in [0.15, 0.2) is 48.5 Å². The highest BCUT2D eigenvalue weighted by molar-refractivity contribution is 7.95. The van der Waals surface area contributed by atoms with Crippen LogP contribution in [0, 0.1) is 5.82 Å². The zero-order chi connectivity index (χ0) is 24.4. The Bertz CT molecular complexity index is 1110. The van der Waals surface area contributed by atoms with E-state index in [1.807, 2.05) is 0 Å². The van der Waals surface area contributed by atoms with Crippen molar-refractivity contribution >= 4 is 33.4 Å². The Hall–Kier alpha value is -2.89. The lowest BCUT2D eigenvalue weighted by Crippen LogP contribution is -2.53. The second-order valence-electron chi connectivity index (χ2n) is 8.55. The Labute approximate surface area is 193 Å². The van der Waals surface area contributed by atoms with E-state index in [0.29, 0.717) is 11.4 Å². The van der Waals surface area contributed by atoms with Crippen LogP contribution < -0.4 is 19.2 Å². The van der Waals surface area contributed by atoms with Gasteiger partial charge in [-0.1, -0.05) is 24.3 Å². The van der Waals surface area contributed by atoms with Crippen LogP contribution >= 0.6 is 0 Å². The van der Waals surface area contributed by atoms with Gasteiger partial charge in [-0.15, -0.1) is 0 Å². The first kappa shape index (κ1) is 24.7. The minimum Gasteiger partial charge on any atom is -0.444 e. The molecule has 9 nitrogen and oxygen atoms in total. The molecule has 1 amide bonds. The van der Waals surface area contributed by atoms with E-state index in [1.165, 1.54) is 18.2 Å². The fourth-order valence-corrected chi connectivity index (χ4v) is 5.25. The van der Waals surface area contributed by atoms with Crippen LogP contribution in [0.1, 0.15) is 27.2 Å². The molecule has 2 atom stereocenters. The third-order valence-corrected chi connectivity index (χ3v) is 6.74. The topological polar surface area (TPSA) is 111 Å². The van der Waals surface area contributed by atoms with Crippen molar-refractivity contribution in [3.8, 4) is 0 Å². The molecule has 0 saturated carbocycles. The molecule has 0 bridgehead atoms. The molecule has 3 N–H and O–H groups in total. The van der Waals surface area contributed by atoms with Crippen molar-refractivity contribution in [3.63, 3.8) is 0 Å². The first-order chi connectivity index (χ1) is 15.5. The Balaban J connectivity index is 1.79. The van der Waals surface area contributed by atoms with Crippen LogP contribution in [0.5, 0.6) is 0 Å². The molecule has 0 radical (unpaired) electrons. The fourth-order valence-electron chi connectivity index (χ4n) is 3.51. The molecule has 11 heteroatoms. The highest BCUT2D eigenvalue weighted by Gasteiger charge is 2.42. The molecule has 0 spiro atoms. The molecule has 1 heterocycles. The summed E-state index contributed by atoms with van der Waals surface area (Å²) in [7, 11) is -2.61. The van der Waals surface area contributed by atoms with Gasteiger partial charge in [0.25, 0.3) is 0 Å². The monoisotopic (exact) mass is 480 g/mol. The lowest BCUT2D eigenvalue weighted by atomic mass is 10.2. The van der Waals surface area contributed by atoms with Gasteiger partial charge in [0.2, 0.25) is 0 Å². The van der Waals surface area contributed by atoms with E-state index in [4.69, 9.17) is 4.74 Å². The van der Waals surface area contributed by atoms with E-state index in [-0.39, 0.29) is 18.7 Å². The summed E-state index contributed by atoms with van der Waals surface area (Å²) < 4.78 is 48.5. The maximum atomic E-state index is 14.5. The lowest BCUT2D eigenvalue weighted by Gasteiger charge is -2.28. The normalized spacial score (nSPS) is 16.8. The minimum absolute atomic E-state index is 0.0139. The van der Waals surface area contributed by atoms with Crippen LogP contribution in [0.4, 0.5) is 26.2 Å². The number of nitrogens with zero attached hydrogens (tertiary/aromatic N) is 2. The standard InChI is InChI=1S/C22H29FN4O5S/c1-22(2,3)32-21(29)25-20(24-4)19(28)13-14-26-17-11-7-8-12-18(17)27(33(26,30)31)16-10-6-5-9-15(16)23/h5-12,19-20,24,28H,13-14H2,1-4H3,(H,25,29). The maximum absolute atomic E-state index is 14.5. The number of hydrogen-bond donors (Lipinski definition) is 3. The number of aliphatic hydroxyl groups is 1. The highest BCUT2D eigenvalue weighted by atomic mass is 32.2. The smallest absolute Gasteiger partial charge is 0.408 e. The van der Waals surface area contributed by atoms with Crippen LogP contribution in [-0.4, -0.2) is 51.1 Å². The van der Waals surface area contributed by atoms with E-state index >= 15 is 0 Å². The van der Waals surface area contributed by atoms with Crippen LogP contribution in [0.2, 0.25) is 0 Å². The maximum Gasteiger partial charge on any atom is 0.408 e. The summed E-state index contributed by atoms with van der Waals surface area (Å²) in [5.41, 5.74) is -0.118. The molecule has 0 aliphatic carbocycles. The summed E-state index contributed by atoms with van der Waals surface area (Å²) >= 11 is 0. The van der Waals surface area contributed by atoms with Crippen molar-refractivity contribution in [1.29, 1.82) is 0 Å². The van der Waals surface area contributed by atoms with Crippen molar-refractivity contribution in [2.75, 3.05) is 22.2 Å². The number of likely N-dealkylation sites (N-methyl/N-ethyl adjacent to an activating group) is 1. The van der Waals surface area contributed by atoms with Gasteiger partial charge in [-0.05, 0) is 58.5 Å². The molecular formula is C22H29FN4O5S. The molecule has 2 unspecified atom stereocenters. The molecule has 1 aliphatic rings. The predicted octanol–water partition coefficient (Wildman–Crippen LogP) is 2.85. The molecule has 33 heavy (non-hydrogen) atoms. The minimum atomic E-state index is -4.15. The SMILES string of the molecule is CNC(NC(=O)OC(C)(C)C)C(O)CCN1c2ccccc2N(c2ccccc2F)S1(=O)=O. The van der Waals surface area contributed by atoms with Gasteiger partial charge in [-0.2, -0.15) is 8.42 Å². The molecule has 180 valence electrons. The van der Waals surface area contributed by atoms with Gasteiger partial charge >= 0.3 is 16.3 Å². The number of ether oxygens (including phenoxy) is 1. The van der Waals surface area contributed by atoms with E-state index in [9.17, 15) is 22.7 Å². The van der Waals surface area contributed by atoms with Crippen molar-refractivity contribution < 1.29 is 27.4 Å². The Morgan fingerprint density at radius 3 is 2.24 bits per heavy atom. The number of fused-ring (bicyclic) bond motifs is 1. The van der Waals surface area contributed by atoms with Crippen molar-refractivity contribution in [3.05, 3.63) is 54.3 Å². The number of carbonyl (C=O) groups excluding carboxylic acids is 1. The summed E-state index contributed by atoms with van der Waals surface area (Å²) in [5, 5.41) is 15.9. The number of benzene rings is 2. The van der Waals surface area contributed by atoms with Gasteiger partial charge < -0.3 is 15.2 Å². The number of carbonyl (C=O) groups is 1. The van der Waals surface area contributed by atoms with E-state index < -0.39 is 40.0 Å². The van der Waals surface area contributed by atoms with Gasteiger partial charge in [0.15, 0.2) is 0 Å². The number of alkyl carbamates (subject to hydrolysis) is 1. The first-order valence-electron chi connectivity index (χ1n) is 10.5. The zero-order valence-electron chi connectivity index (χ0n) is 18.9. The summed E-state index contributed by atoms with van der Waals surface area (Å²) in [6, 6.07) is 12.2. The van der Waals surface area contributed by atoms with Gasteiger partial charge in [0, 0.05) is 6.54 Å². The second kappa shape index (κ2) is 9.54. The second-order valence-corrected chi connectivity index (χ2v) is 10.3. The quantitative estimate of drug-likeness (QED) is 0.526. The number of aliphatic hydroxyl groups excluding tert-OH is 1. The zero-order valence-corrected chi connectivity index (χ0v) is 19.8. The van der Waals surface area contributed by atoms with Gasteiger partial charge in [0.1, 0.15) is 17.6 Å². The average molecular weight is 481 g/mol. The Morgan fingerprint density at radius 1 is 1.09 bits per heavy atom. The van der Waals surface area contributed by atoms with Crippen LogP contribution in [0.3, 0.4) is 0 Å². The number of rotatable bonds is 7. The molecule has 1 aliphatic heterocycles. The Morgan fingerprint density at radius 2 is 1.67 bits per heavy atom. The molecule has 0 saturated heterocycles. The van der Waals surface area contributed by atoms with Gasteiger partial charge in [-0.3, -0.25) is 9.62 Å². The fraction of sp³-hybridized carbons (Fsp3) is 0.409. The summed E-state index contributed by atoms with van der Waals surface area (Å²) in [6.45, 7) is 5.05. The average Bonchev–Trinajstić information content (AvgIpc) is 2.95. The largest absolute Gasteiger partial charge is 0.444 e. The van der Waals surface area contributed by atoms with Crippen molar-refractivity contribution in [2.45, 2.75) is 45.1 Å². The number of anilines is 3. The summed E-state index contributed by atoms with van der Waals surface area (Å²) in [5.74, 6) is -0.672. The third-order valence-electron chi connectivity index (χ3n) is 4.95. The predicted molar refractivity (Wildman–Crippen MR) is 124 cm³/mol. The van der Waals surface area contributed by atoms with Gasteiger partial charge in [0.05, 0.1) is 23.2 Å². The molecule has 2 aromatic rings. The third kappa shape index (κ3) is 5.37. The number of nitrogens with one attached hydrogen (secondary N) is 2. The number of amides is 1. The van der Waals surface area contributed by atoms with E-state index in [1.54, 1.807) is 58.2 Å². The Kier molecular flexibility index (Phi) is 7.15. The summed E-state index contributed by atoms with van der Waals surface area (Å²) in [6.07, 6.45) is -2.73. The first-order valence-corrected chi connectivity index (χ1v) is 11.9. The molecule has 0 fully saturated rings. The van der Waals surface area contributed by atoms with Crippen molar-refractivity contribution in [2.24, 2.45) is 0 Å². The molecule has 3 rings (SSSR count). The molecule has 0 aromatic heterocycles. The van der Waals surface area contributed by atoms with Crippen LogP contribution in [-0.2, 0) is 14.9 Å². The summed E-state index contributed by atoms with van der Waals surface area (Å²) in [4.78, 5) is 12.1. The highest BCUT2D eigenvalue weighted by Crippen LogP contribution is 2.45. The van der Waals surface area contributed by atoms with Crippen LogP contribution in [0.25, 0.3) is 0 Å². The van der Waals surface area contributed by atoms with Crippen molar-refractivity contribution in [1.82, 2.24) is 10.6 Å². The number of hydrogen-bond acceptors (Lipinski definition) is 6. The number of halogens is 1. The number of para-hydroxylation sites is 3. The lowest BCUT2D eigenvalue weighted by molar-refractivity contribution is 0.0390. The van der Waals surface area contributed by atoms with E-state index in [0.717, 1.165) is 8.61 Å².